The Bertz CT molecular complexity index is 996. The molecule has 9 heteroatoms. The van der Waals surface area contributed by atoms with Crippen molar-refractivity contribution in [3.8, 4) is 11.5 Å². The average molecular weight is 411 g/mol. The summed E-state index contributed by atoms with van der Waals surface area (Å²) in [7, 11) is -5.27. The lowest BCUT2D eigenvalue weighted by molar-refractivity contribution is 0.0950. The lowest BCUT2D eigenvalue weighted by Crippen LogP contribution is -2.31. The van der Waals surface area contributed by atoms with Gasteiger partial charge in [0.05, 0.1) is 0 Å². The van der Waals surface area contributed by atoms with Gasteiger partial charge in [-0.2, -0.15) is 17.2 Å². The highest BCUT2D eigenvalue weighted by atomic mass is 32.2. The van der Waals surface area contributed by atoms with Crippen molar-refractivity contribution in [3.05, 3.63) is 71.3 Å². The number of hydrogen-bond acceptors (Lipinski definition) is 5. The molecule has 0 aromatic heterocycles. The molecule has 2 aromatic carbocycles. The standard InChI is InChI=1S/C19H19F2NO5S/c1-4-19(20,21)28(25,26)27-17-12(2)8-15(9-13(17)3)18(24)22-11-14-6-5-7-16(23)10-14/h4-10,23H,1,11H2,2-3H3,(H,22,24). The van der Waals surface area contributed by atoms with Crippen LogP contribution in [-0.4, -0.2) is 24.7 Å². The number of carbonyl (C=O) groups is 1. The van der Waals surface area contributed by atoms with Crippen LogP contribution in [0, 0.1) is 13.8 Å². The largest absolute Gasteiger partial charge is 0.508 e. The topological polar surface area (TPSA) is 92.7 Å². The number of halogens is 2. The second-order valence-corrected chi connectivity index (χ2v) is 7.71. The van der Waals surface area contributed by atoms with Gasteiger partial charge in [0, 0.05) is 12.1 Å². The zero-order chi connectivity index (χ0) is 21.1. The predicted molar refractivity (Wildman–Crippen MR) is 99.9 cm³/mol. The molecule has 0 aliphatic rings. The maximum absolute atomic E-state index is 13.5. The molecule has 1 amide bonds. The van der Waals surface area contributed by atoms with Gasteiger partial charge in [-0.25, -0.2) is 0 Å². The maximum Gasteiger partial charge on any atom is 0.398 e. The first-order valence-corrected chi connectivity index (χ1v) is 9.50. The summed E-state index contributed by atoms with van der Waals surface area (Å²) in [6, 6.07) is 9.03. The number of hydrogen-bond donors (Lipinski definition) is 2. The SMILES string of the molecule is C=CC(F)(F)S(=O)(=O)Oc1c(C)cc(C(=O)NCc2cccc(O)c2)cc1C. The molecule has 2 N–H and O–H groups in total. The number of aromatic hydroxyl groups is 1. The third-order valence-corrected chi connectivity index (χ3v) is 5.07. The quantitative estimate of drug-likeness (QED) is 0.538. The highest BCUT2D eigenvalue weighted by Gasteiger charge is 2.44. The molecular formula is C19H19F2NO5S. The Hall–Kier alpha value is -2.94. The molecule has 0 saturated carbocycles. The fourth-order valence-electron chi connectivity index (χ4n) is 2.43. The summed E-state index contributed by atoms with van der Waals surface area (Å²) >= 11 is 0. The van der Waals surface area contributed by atoms with Crippen LogP contribution in [0.25, 0.3) is 0 Å². The minimum atomic E-state index is -5.27. The summed E-state index contributed by atoms with van der Waals surface area (Å²) < 4.78 is 55.0. The Morgan fingerprint density at radius 2 is 1.86 bits per heavy atom. The highest BCUT2D eigenvalue weighted by Crippen LogP contribution is 2.31. The summed E-state index contributed by atoms with van der Waals surface area (Å²) in [6.45, 7) is 5.83. The maximum atomic E-state index is 13.5. The summed E-state index contributed by atoms with van der Waals surface area (Å²) in [5.41, 5.74) is 1.28. The van der Waals surface area contributed by atoms with Gasteiger partial charge in [-0.3, -0.25) is 4.79 Å². The Kier molecular flexibility index (Phi) is 6.08. The predicted octanol–water partition coefficient (Wildman–Crippen LogP) is 3.43. The normalized spacial score (nSPS) is 11.7. The smallest absolute Gasteiger partial charge is 0.398 e. The second-order valence-electron chi connectivity index (χ2n) is 6.10. The van der Waals surface area contributed by atoms with Crippen LogP contribution >= 0.6 is 0 Å². The van der Waals surface area contributed by atoms with Crippen molar-refractivity contribution in [1.82, 2.24) is 5.32 Å². The van der Waals surface area contributed by atoms with E-state index in [1.54, 1.807) is 12.1 Å². The molecule has 0 spiro atoms. The lowest BCUT2D eigenvalue weighted by Gasteiger charge is -2.17. The first kappa shape index (κ1) is 21.4. The van der Waals surface area contributed by atoms with Gasteiger partial charge in [0.2, 0.25) is 0 Å². The fourth-order valence-corrected chi connectivity index (χ4v) is 3.23. The molecule has 2 aromatic rings. The van der Waals surface area contributed by atoms with E-state index in [1.165, 1.54) is 38.1 Å². The van der Waals surface area contributed by atoms with Crippen LogP contribution in [0.2, 0.25) is 0 Å². The van der Waals surface area contributed by atoms with E-state index in [-0.39, 0.29) is 40.8 Å². The van der Waals surface area contributed by atoms with Crippen LogP contribution in [0.3, 0.4) is 0 Å². The first-order valence-electron chi connectivity index (χ1n) is 8.09. The van der Waals surface area contributed by atoms with Crippen molar-refractivity contribution in [1.29, 1.82) is 0 Å². The van der Waals surface area contributed by atoms with Crippen LogP contribution in [0.1, 0.15) is 27.0 Å². The van der Waals surface area contributed by atoms with Gasteiger partial charge in [-0.05, 0) is 60.9 Å². The Labute approximate surface area is 161 Å². The number of phenols is 1. The number of nitrogens with one attached hydrogen (secondary N) is 1. The first-order chi connectivity index (χ1) is 13.0. The number of rotatable bonds is 7. The molecule has 2 rings (SSSR count). The molecule has 0 fully saturated rings. The van der Waals surface area contributed by atoms with Crippen LogP contribution in [0.5, 0.6) is 11.5 Å². The van der Waals surface area contributed by atoms with Crippen molar-refractivity contribution in [3.63, 3.8) is 0 Å². The molecule has 0 unspecified atom stereocenters. The Morgan fingerprint density at radius 3 is 2.39 bits per heavy atom. The third-order valence-electron chi connectivity index (χ3n) is 3.85. The van der Waals surface area contributed by atoms with Crippen molar-refractivity contribution >= 4 is 16.0 Å². The lowest BCUT2D eigenvalue weighted by atomic mass is 10.1. The second kappa shape index (κ2) is 7.97. The summed E-state index contributed by atoms with van der Waals surface area (Å²) in [6.07, 6.45) is -0.0177. The van der Waals surface area contributed by atoms with E-state index in [0.29, 0.717) is 5.56 Å². The van der Waals surface area contributed by atoms with Gasteiger partial charge >= 0.3 is 15.4 Å². The van der Waals surface area contributed by atoms with E-state index < -0.39 is 21.3 Å². The fraction of sp³-hybridized carbons (Fsp3) is 0.211. The molecule has 0 bridgehead atoms. The van der Waals surface area contributed by atoms with Gasteiger partial charge in [0.1, 0.15) is 11.5 Å². The van der Waals surface area contributed by atoms with Gasteiger partial charge in [-0.1, -0.05) is 18.7 Å². The van der Waals surface area contributed by atoms with E-state index >= 15 is 0 Å². The highest BCUT2D eigenvalue weighted by molar-refractivity contribution is 7.88. The Morgan fingerprint density at radius 1 is 1.25 bits per heavy atom. The zero-order valence-electron chi connectivity index (χ0n) is 15.2. The van der Waals surface area contributed by atoms with Crippen molar-refractivity contribution in [2.24, 2.45) is 0 Å². The minimum absolute atomic E-state index is 0.0177. The molecule has 0 aliphatic carbocycles. The van der Waals surface area contributed by atoms with E-state index in [0.717, 1.165) is 0 Å². The minimum Gasteiger partial charge on any atom is -0.508 e. The number of alkyl halides is 2. The van der Waals surface area contributed by atoms with Crippen LogP contribution in [0.15, 0.2) is 49.1 Å². The molecule has 0 heterocycles. The van der Waals surface area contributed by atoms with Crippen molar-refractivity contribution in [2.45, 2.75) is 25.6 Å². The molecular weight excluding hydrogens is 392 g/mol. The van der Waals surface area contributed by atoms with E-state index in [9.17, 15) is 27.1 Å². The Balaban J connectivity index is 2.21. The van der Waals surface area contributed by atoms with E-state index in [1.807, 2.05) is 0 Å². The number of benzene rings is 2. The zero-order valence-corrected chi connectivity index (χ0v) is 16.0. The van der Waals surface area contributed by atoms with Gasteiger partial charge in [0.15, 0.2) is 0 Å². The average Bonchev–Trinajstić information content (AvgIpc) is 2.62. The van der Waals surface area contributed by atoms with Crippen molar-refractivity contribution in [2.75, 3.05) is 0 Å². The monoisotopic (exact) mass is 411 g/mol. The molecule has 0 aliphatic heterocycles. The summed E-state index contributed by atoms with van der Waals surface area (Å²) in [5.74, 6) is -0.663. The number of carbonyl (C=O) groups excluding carboxylic acids is 1. The molecule has 28 heavy (non-hydrogen) atoms. The number of aryl methyl sites for hydroxylation is 2. The molecule has 150 valence electrons. The molecule has 0 saturated heterocycles. The van der Waals surface area contributed by atoms with E-state index in [2.05, 4.69) is 16.1 Å². The van der Waals surface area contributed by atoms with Crippen molar-refractivity contribution < 1.29 is 31.3 Å². The molecule has 6 nitrogen and oxygen atoms in total. The summed E-state index contributed by atoms with van der Waals surface area (Å²) in [5, 5.41) is 7.84. The third kappa shape index (κ3) is 4.66. The number of amides is 1. The van der Waals surface area contributed by atoms with Gasteiger partial charge in [-0.15, -0.1) is 0 Å². The van der Waals surface area contributed by atoms with Gasteiger partial charge in [0.25, 0.3) is 5.91 Å². The van der Waals surface area contributed by atoms with Crippen LogP contribution < -0.4 is 9.50 Å². The summed E-state index contributed by atoms with van der Waals surface area (Å²) in [4.78, 5) is 12.3. The van der Waals surface area contributed by atoms with Gasteiger partial charge < -0.3 is 14.6 Å². The van der Waals surface area contributed by atoms with Crippen LogP contribution in [0.4, 0.5) is 8.78 Å². The number of phenolic OH excluding ortho intramolecular Hbond substituents is 1. The molecule has 0 radical (unpaired) electrons. The molecule has 0 atom stereocenters. The van der Waals surface area contributed by atoms with E-state index in [4.69, 9.17) is 0 Å². The van der Waals surface area contributed by atoms with Crippen LogP contribution in [-0.2, 0) is 16.7 Å².